The number of carbonyl (C=O) groups excluding carboxylic acids is 2. The molecule has 3 aromatic rings. The molecule has 0 saturated carbocycles. The van der Waals surface area contributed by atoms with E-state index in [9.17, 15) is 9.59 Å². The lowest BCUT2D eigenvalue weighted by molar-refractivity contribution is 0.0414. The number of imidazole rings is 1. The van der Waals surface area contributed by atoms with Crippen LogP contribution in [0.15, 0.2) is 49.1 Å². The van der Waals surface area contributed by atoms with Crippen molar-refractivity contribution in [2.24, 2.45) is 0 Å². The van der Waals surface area contributed by atoms with E-state index in [1.807, 2.05) is 13.0 Å². The molecule has 0 radical (unpaired) electrons. The Labute approximate surface area is 161 Å². The number of hydrogen-bond acceptors (Lipinski definition) is 5. The van der Waals surface area contributed by atoms with Gasteiger partial charge in [0, 0.05) is 56.0 Å². The lowest BCUT2D eigenvalue weighted by Gasteiger charge is -2.40. The minimum atomic E-state index is -0.120. The Morgan fingerprint density at radius 3 is 2.61 bits per heavy atom. The summed E-state index contributed by atoms with van der Waals surface area (Å²) in [5.74, 6) is 0.341. The second-order valence-corrected chi connectivity index (χ2v) is 6.77. The molecule has 3 heterocycles. The fraction of sp³-hybridized carbons (Fsp3) is 0.250. The number of rotatable bonds is 2. The highest BCUT2D eigenvalue weighted by atomic mass is 16.2. The van der Waals surface area contributed by atoms with Gasteiger partial charge >= 0.3 is 0 Å². The summed E-state index contributed by atoms with van der Waals surface area (Å²) in [6.07, 6.45) is 6.63. The summed E-state index contributed by atoms with van der Waals surface area (Å²) in [6.45, 7) is 3.28. The highest BCUT2D eigenvalue weighted by molar-refractivity contribution is 5.96. The maximum absolute atomic E-state index is 12.8. The lowest BCUT2D eigenvalue weighted by Crippen LogP contribution is -2.55. The van der Waals surface area contributed by atoms with E-state index in [4.69, 9.17) is 5.26 Å². The summed E-state index contributed by atoms with van der Waals surface area (Å²) in [4.78, 5) is 37.4. The summed E-state index contributed by atoms with van der Waals surface area (Å²) in [6, 6.07) is 8.52. The normalized spacial score (nSPS) is 16.8. The Balaban J connectivity index is 1.46. The molecule has 1 unspecified atom stereocenters. The number of amides is 2. The van der Waals surface area contributed by atoms with Crippen LogP contribution >= 0.6 is 0 Å². The molecule has 140 valence electrons. The van der Waals surface area contributed by atoms with Crippen molar-refractivity contribution in [2.45, 2.75) is 13.0 Å². The molecule has 0 aliphatic carbocycles. The van der Waals surface area contributed by atoms with Gasteiger partial charge < -0.3 is 9.80 Å². The maximum Gasteiger partial charge on any atom is 0.257 e. The van der Waals surface area contributed by atoms with Crippen LogP contribution in [0, 0.1) is 11.3 Å². The molecular formula is C20H18N6O2. The number of carbonyl (C=O) groups is 2. The first kappa shape index (κ1) is 17.7. The second-order valence-electron chi connectivity index (χ2n) is 6.77. The van der Waals surface area contributed by atoms with Gasteiger partial charge in [0.2, 0.25) is 5.78 Å². The molecule has 8 heteroatoms. The first-order valence-corrected chi connectivity index (χ1v) is 8.96. The summed E-state index contributed by atoms with van der Waals surface area (Å²) in [5, 5.41) is 8.89. The largest absolute Gasteiger partial charge is 0.335 e. The Bertz CT molecular complexity index is 1080. The topological polar surface area (TPSA) is 94.6 Å². The number of nitriles is 1. The van der Waals surface area contributed by atoms with Gasteiger partial charge in [-0.3, -0.25) is 14.0 Å². The predicted octanol–water partition coefficient (Wildman–Crippen LogP) is 1.59. The number of fused-ring (bicyclic) bond motifs is 1. The Kier molecular flexibility index (Phi) is 4.49. The standard InChI is InChI=1S/C20H18N6O2/c1-14-12-24(18(27)17-11-23-20-22-6-7-25(20)13-17)8-9-26(14)19(28)16-4-2-15(10-21)3-5-16/h2-7,11,13-14H,8-9,12H2,1H3. The quantitative estimate of drug-likeness (QED) is 0.679. The molecule has 0 spiro atoms. The van der Waals surface area contributed by atoms with E-state index in [1.165, 1.54) is 6.20 Å². The number of benzene rings is 1. The van der Waals surface area contributed by atoms with E-state index < -0.39 is 0 Å². The molecule has 1 aliphatic heterocycles. The van der Waals surface area contributed by atoms with E-state index in [2.05, 4.69) is 9.97 Å². The first-order chi connectivity index (χ1) is 13.6. The van der Waals surface area contributed by atoms with Gasteiger partial charge in [0.1, 0.15) is 0 Å². The monoisotopic (exact) mass is 374 g/mol. The van der Waals surface area contributed by atoms with E-state index >= 15 is 0 Å². The van der Waals surface area contributed by atoms with E-state index in [-0.39, 0.29) is 17.9 Å². The van der Waals surface area contributed by atoms with Gasteiger partial charge in [-0.2, -0.15) is 5.26 Å². The van der Waals surface area contributed by atoms with Gasteiger partial charge in [-0.25, -0.2) is 9.97 Å². The first-order valence-electron chi connectivity index (χ1n) is 8.96. The zero-order valence-corrected chi connectivity index (χ0v) is 15.3. The van der Waals surface area contributed by atoms with E-state index in [1.54, 1.807) is 57.1 Å². The molecule has 1 fully saturated rings. The third-order valence-electron chi connectivity index (χ3n) is 4.93. The van der Waals surface area contributed by atoms with E-state index in [0.717, 1.165) is 0 Å². The van der Waals surface area contributed by atoms with Crippen molar-refractivity contribution in [3.8, 4) is 6.07 Å². The molecular weight excluding hydrogens is 356 g/mol. The fourth-order valence-corrected chi connectivity index (χ4v) is 3.41. The molecule has 28 heavy (non-hydrogen) atoms. The van der Waals surface area contributed by atoms with Crippen LogP contribution in [-0.4, -0.2) is 61.7 Å². The molecule has 1 aromatic carbocycles. The van der Waals surface area contributed by atoms with Crippen LogP contribution in [0.25, 0.3) is 5.78 Å². The van der Waals surface area contributed by atoms with Gasteiger partial charge in [0.05, 0.1) is 17.2 Å². The van der Waals surface area contributed by atoms with Gasteiger partial charge in [-0.05, 0) is 31.2 Å². The minimum Gasteiger partial charge on any atom is -0.335 e. The zero-order valence-electron chi connectivity index (χ0n) is 15.3. The number of aromatic nitrogens is 3. The lowest BCUT2D eigenvalue weighted by atomic mass is 10.1. The van der Waals surface area contributed by atoms with Crippen LogP contribution in [0.3, 0.4) is 0 Å². The van der Waals surface area contributed by atoms with Crippen molar-refractivity contribution in [2.75, 3.05) is 19.6 Å². The highest BCUT2D eigenvalue weighted by Crippen LogP contribution is 2.17. The van der Waals surface area contributed by atoms with E-state index in [0.29, 0.717) is 42.1 Å². The molecule has 8 nitrogen and oxygen atoms in total. The van der Waals surface area contributed by atoms with Crippen LogP contribution < -0.4 is 0 Å². The number of piperazine rings is 1. The van der Waals surface area contributed by atoms with Crippen molar-refractivity contribution in [3.05, 3.63) is 65.7 Å². The van der Waals surface area contributed by atoms with Crippen molar-refractivity contribution < 1.29 is 9.59 Å². The molecule has 2 amide bonds. The molecule has 1 atom stereocenters. The molecule has 2 aromatic heterocycles. The second kappa shape index (κ2) is 7.12. The van der Waals surface area contributed by atoms with Gasteiger partial charge in [0.25, 0.3) is 11.8 Å². The van der Waals surface area contributed by atoms with Crippen LogP contribution in [0.5, 0.6) is 0 Å². The highest BCUT2D eigenvalue weighted by Gasteiger charge is 2.31. The van der Waals surface area contributed by atoms with Crippen molar-refractivity contribution in [1.82, 2.24) is 24.2 Å². The molecule has 1 saturated heterocycles. The Hall–Kier alpha value is -3.73. The molecule has 0 bridgehead atoms. The third kappa shape index (κ3) is 3.18. The van der Waals surface area contributed by atoms with Crippen LogP contribution in [0.1, 0.15) is 33.2 Å². The van der Waals surface area contributed by atoms with Crippen LogP contribution in [0.2, 0.25) is 0 Å². The summed E-state index contributed by atoms with van der Waals surface area (Å²) in [5.41, 5.74) is 1.55. The van der Waals surface area contributed by atoms with Crippen molar-refractivity contribution in [1.29, 1.82) is 5.26 Å². The summed E-state index contributed by atoms with van der Waals surface area (Å²) in [7, 11) is 0. The van der Waals surface area contributed by atoms with Crippen LogP contribution in [-0.2, 0) is 0 Å². The minimum absolute atomic E-state index is 0.0920. The van der Waals surface area contributed by atoms with Gasteiger partial charge in [0.15, 0.2) is 0 Å². The molecule has 4 rings (SSSR count). The Morgan fingerprint density at radius 1 is 1.11 bits per heavy atom. The van der Waals surface area contributed by atoms with Crippen molar-refractivity contribution >= 4 is 17.6 Å². The SMILES string of the molecule is CC1CN(C(=O)c2cnc3nccn3c2)CCN1C(=O)c1ccc(C#N)cc1. The average Bonchev–Trinajstić information content (AvgIpc) is 3.20. The fourth-order valence-electron chi connectivity index (χ4n) is 3.41. The molecule has 0 N–H and O–H groups in total. The van der Waals surface area contributed by atoms with Gasteiger partial charge in [-0.1, -0.05) is 0 Å². The summed E-state index contributed by atoms with van der Waals surface area (Å²) < 4.78 is 1.71. The summed E-state index contributed by atoms with van der Waals surface area (Å²) >= 11 is 0. The molecule has 1 aliphatic rings. The predicted molar refractivity (Wildman–Crippen MR) is 101 cm³/mol. The average molecular weight is 374 g/mol. The van der Waals surface area contributed by atoms with Crippen molar-refractivity contribution in [3.63, 3.8) is 0 Å². The van der Waals surface area contributed by atoms with Crippen LogP contribution in [0.4, 0.5) is 0 Å². The smallest absolute Gasteiger partial charge is 0.257 e. The number of hydrogen-bond donors (Lipinski definition) is 0. The Morgan fingerprint density at radius 2 is 1.89 bits per heavy atom. The van der Waals surface area contributed by atoms with Gasteiger partial charge in [-0.15, -0.1) is 0 Å². The number of nitrogens with zero attached hydrogens (tertiary/aromatic N) is 6. The zero-order chi connectivity index (χ0) is 19.7. The maximum atomic E-state index is 12.8. The third-order valence-corrected chi connectivity index (χ3v) is 4.93.